The van der Waals surface area contributed by atoms with Gasteiger partial charge in [-0.3, -0.25) is 4.57 Å². The van der Waals surface area contributed by atoms with Crippen LogP contribution < -0.4 is 11.4 Å². The zero-order valence-corrected chi connectivity index (χ0v) is 18.5. The Kier molecular flexibility index (Phi) is 7.38. The third-order valence-corrected chi connectivity index (χ3v) is 5.78. The summed E-state index contributed by atoms with van der Waals surface area (Å²) in [7, 11) is 0. The number of hydrogen-bond donors (Lipinski definition) is 1. The summed E-state index contributed by atoms with van der Waals surface area (Å²) < 4.78 is 34.2. The molecule has 3 aromatic rings. The van der Waals surface area contributed by atoms with Crippen molar-refractivity contribution in [2.24, 2.45) is 5.92 Å². The Morgan fingerprint density at radius 3 is 2.32 bits per heavy atom. The fourth-order valence-corrected chi connectivity index (χ4v) is 4.07. The average molecular weight is 464 g/mol. The second kappa shape index (κ2) is 10.6. The molecule has 176 valence electrons. The number of ether oxygens (including phenoxy) is 3. The lowest BCUT2D eigenvalue weighted by Crippen LogP contribution is -2.49. The maximum Gasteiger partial charge on any atom is 0.351 e. The molecule has 2 N–H and O–H groups in total. The van der Waals surface area contributed by atoms with E-state index in [1.54, 1.807) is 0 Å². The standard InChI is InChI=1S/C26H26FN3O4/c1-2-21-23(33-16-20-11-7-4-8-12-20)26(17-27,18-32-15-19-9-5-3-6-10-19)34-24(21)30-14-13-22(28)29-25(30)31/h1,3-14,21,23-24H,15-18H2,(H2,28,29,31)/t21-,23-,24+,26+/m0/s1. The molecule has 0 amide bonds. The van der Waals surface area contributed by atoms with Crippen molar-refractivity contribution in [1.82, 2.24) is 9.55 Å². The van der Waals surface area contributed by atoms with Gasteiger partial charge in [-0.15, -0.1) is 6.42 Å². The first kappa shape index (κ1) is 23.6. The number of nitrogens with zero attached hydrogens (tertiary/aromatic N) is 2. The van der Waals surface area contributed by atoms with E-state index in [-0.39, 0.29) is 25.6 Å². The molecule has 0 bridgehead atoms. The molecule has 1 saturated heterocycles. The molecule has 0 radical (unpaired) electrons. The lowest BCUT2D eigenvalue weighted by molar-refractivity contribution is -0.165. The van der Waals surface area contributed by atoms with Crippen LogP contribution in [0.4, 0.5) is 10.2 Å². The number of halogens is 1. The molecule has 8 heteroatoms. The summed E-state index contributed by atoms with van der Waals surface area (Å²) in [4.78, 5) is 16.3. The summed E-state index contributed by atoms with van der Waals surface area (Å²) in [5.74, 6) is 1.94. The highest BCUT2D eigenvalue weighted by molar-refractivity contribution is 5.24. The molecule has 34 heavy (non-hydrogen) atoms. The van der Waals surface area contributed by atoms with E-state index in [1.165, 1.54) is 16.8 Å². The van der Waals surface area contributed by atoms with Crippen molar-refractivity contribution in [3.8, 4) is 12.3 Å². The fraction of sp³-hybridized carbons (Fsp3) is 0.308. The molecule has 1 fully saturated rings. The second-order valence-electron chi connectivity index (χ2n) is 8.14. The Morgan fingerprint density at radius 2 is 1.74 bits per heavy atom. The van der Waals surface area contributed by atoms with Crippen LogP contribution in [0.2, 0.25) is 0 Å². The number of hydrogen-bond acceptors (Lipinski definition) is 6. The summed E-state index contributed by atoms with van der Waals surface area (Å²) in [6, 6.07) is 20.4. The van der Waals surface area contributed by atoms with Gasteiger partial charge in [-0.2, -0.15) is 4.98 Å². The zero-order valence-electron chi connectivity index (χ0n) is 18.5. The number of aromatic nitrogens is 2. The predicted octanol–water partition coefficient (Wildman–Crippen LogP) is 3.11. The van der Waals surface area contributed by atoms with Crippen LogP contribution in [-0.4, -0.2) is 34.5 Å². The van der Waals surface area contributed by atoms with Crippen molar-refractivity contribution in [1.29, 1.82) is 0 Å². The number of alkyl halides is 1. The maximum atomic E-state index is 14.7. The van der Waals surface area contributed by atoms with Gasteiger partial charge < -0.3 is 19.9 Å². The smallest absolute Gasteiger partial charge is 0.351 e. The molecule has 0 unspecified atom stereocenters. The number of nitrogens with two attached hydrogens (primary N) is 1. The summed E-state index contributed by atoms with van der Waals surface area (Å²) in [5.41, 5.74) is 5.28. The van der Waals surface area contributed by atoms with E-state index in [1.807, 2.05) is 60.7 Å². The molecule has 1 aliphatic heterocycles. The van der Waals surface area contributed by atoms with E-state index in [0.29, 0.717) is 0 Å². The van der Waals surface area contributed by atoms with Crippen LogP contribution in [0.25, 0.3) is 0 Å². The van der Waals surface area contributed by atoms with Crippen molar-refractivity contribution in [3.63, 3.8) is 0 Å². The van der Waals surface area contributed by atoms with Gasteiger partial charge in [-0.1, -0.05) is 66.6 Å². The topological polar surface area (TPSA) is 88.6 Å². The van der Waals surface area contributed by atoms with Gasteiger partial charge in [0.15, 0.2) is 6.23 Å². The van der Waals surface area contributed by atoms with E-state index >= 15 is 0 Å². The van der Waals surface area contributed by atoms with E-state index in [9.17, 15) is 9.18 Å². The Bertz CT molecular complexity index is 1180. The molecule has 0 saturated carbocycles. The van der Waals surface area contributed by atoms with Crippen LogP contribution in [-0.2, 0) is 27.4 Å². The molecule has 1 aliphatic rings. The van der Waals surface area contributed by atoms with Crippen LogP contribution in [0, 0.1) is 18.3 Å². The van der Waals surface area contributed by atoms with Crippen LogP contribution in [0.15, 0.2) is 77.7 Å². The quantitative estimate of drug-likeness (QED) is 0.491. The normalized spacial score (nSPS) is 24.1. The molecule has 0 spiro atoms. The first-order valence-electron chi connectivity index (χ1n) is 10.9. The Hall–Kier alpha value is -3.51. The number of anilines is 1. The Morgan fingerprint density at radius 1 is 1.09 bits per heavy atom. The van der Waals surface area contributed by atoms with Gasteiger partial charge in [0.2, 0.25) is 0 Å². The monoisotopic (exact) mass is 463 g/mol. The van der Waals surface area contributed by atoms with Crippen molar-refractivity contribution in [3.05, 3.63) is 94.5 Å². The molecule has 2 aromatic carbocycles. The summed E-state index contributed by atoms with van der Waals surface area (Å²) in [5, 5.41) is 0. The van der Waals surface area contributed by atoms with Crippen LogP contribution in [0.3, 0.4) is 0 Å². The van der Waals surface area contributed by atoms with E-state index in [0.717, 1.165) is 11.1 Å². The summed E-state index contributed by atoms with van der Waals surface area (Å²) in [6.45, 7) is -0.599. The Labute approximate surface area is 197 Å². The third-order valence-electron chi connectivity index (χ3n) is 5.78. The molecule has 2 heterocycles. The minimum Gasteiger partial charge on any atom is -0.383 e. The number of benzene rings is 2. The first-order chi connectivity index (χ1) is 16.6. The van der Waals surface area contributed by atoms with Crippen LogP contribution >= 0.6 is 0 Å². The molecule has 7 nitrogen and oxygen atoms in total. The molecular formula is C26H26FN3O4. The highest BCUT2D eigenvalue weighted by atomic mass is 19.1. The van der Waals surface area contributed by atoms with E-state index in [4.69, 9.17) is 26.4 Å². The van der Waals surface area contributed by atoms with Gasteiger partial charge in [0.1, 0.15) is 24.2 Å². The van der Waals surface area contributed by atoms with Crippen LogP contribution in [0.1, 0.15) is 17.4 Å². The SMILES string of the molecule is C#C[C@@H]1[C@H](n2ccc(N)nc2=O)O[C@](CF)(COCc2ccccc2)[C@H]1OCc1ccccc1. The summed E-state index contributed by atoms with van der Waals surface area (Å²) in [6.07, 6.45) is 5.42. The fourth-order valence-electron chi connectivity index (χ4n) is 4.07. The van der Waals surface area contributed by atoms with Crippen molar-refractivity contribution >= 4 is 5.82 Å². The molecule has 4 rings (SSSR count). The molecular weight excluding hydrogens is 437 g/mol. The van der Waals surface area contributed by atoms with Crippen molar-refractivity contribution in [2.45, 2.75) is 31.1 Å². The van der Waals surface area contributed by atoms with Crippen molar-refractivity contribution < 1.29 is 18.6 Å². The molecule has 4 atom stereocenters. The third kappa shape index (κ3) is 5.02. The maximum absolute atomic E-state index is 14.7. The van der Waals surface area contributed by atoms with Crippen LogP contribution in [0.5, 0.6) is 0 Å². The second-order valence-corrected chi connectivity index (χ2v) is 8.14. The average Bonchev–Trinajstić information content (AvgIpc) is 3.17. The minimum atomic E-state index is -1.52. The van der Waals surface area contributed by atoms with Crippen molar-refractivity contribution in [2.75, 3.05) is 19.0 Å². The lowest BCUT2D eigenvalue weighted by Gasteiger charge is -2.32. The summed E-state index contributed by atoms with van der Waals surface area (Å²) >= 11 is 0. The number of rotatable bonds is 9. The highest BCUT2D eigenvalue weighted by Gasteiger charge is 2.57. The lowest BCUT2D eigenvalue weighted by atomic mass is 9.91. The number of nitrogen functional groups attached to an aromatic ring is 1. The Balaban J connectivity index is 1.63. The minimum absolute atomic E-state index is 0.0660. The van der Waals surface area contributed by atoms with Gasteiger partial charge in [0.05, 0.1) is 25.7 Å². The van der Waals surface area contributed by atoms with E-state index < -0.39 is 36.2 Å². The van der Waals surface area contributed by atoms with Gasteiger partial charge in [-0.05, 0) is 17.2 Å². The largest absolute Gasteiger partial charge is 0.383 e. The molecule has 1 aromatic heterocycles. The van der Waals surface area contributed by atoms with Gasteiger partial charge in [0.25, 0.3) is 0 Å². The predicted molar refractivity (Wildman–Crippen MR) is 125 cm³/mol. The van der Waals surface area contributed by atoms with Gasteiger partial charge in [-0.25, -0.2) is 9.18 Å². The zero-order chi connectivity index (χ0) is 24.0. The first-order valence-corrected chi connectivity index (χ1v) is 10.9. The molecule has 0 aliphatic carbocycles. The van der Waals surface area contributed by atoms with Gasteiger partial charge in [0, 0.05) is 6.20 Å². The number of terminal acetylenes is 1. The van der Waals surface area contributed by atoms with Gasteiger partial charge >= 0.3 is 5.69 Å². The highest BCUT2D eigenvalue weighted by Crippen LogP contribution is 2.43. The van der Waals surface area contributed by atoms with E-state index in [2.05, 4.69) is 10.9 Å².